The maximum Gasteiger partial charge on any atom is 0.341 e. The van der Waals surface area contributed by atoms with Crippen molar-refractivity contribution in [2.75, 3.05) is 12.3 Å². The molecule has 0 unspecified atom stereocenters. The molecule has 0 saturated carbocycles. The van der Waals surface area contributed by atoms with Crippen LogP contribution in [0.4, 0.5) is 5.82 Å². The molecule has 4 nitrogen and oxygen atoms in total. The van der Waals surface area contributed by atoms with E-state index in [2.05, 4.69) is 4.98 Å². The van der Waals surface area contributed by atoms with Crippen LogP contribution in [0.3, 0.4) is 0 Å². The van der Waals surface area contributed by atoms with Gasteiger partial charge in [0.05, 0.1) is 11.6 Å². The van der Waals surface area contributed by atoms with E-state index in [0.717, 1.165) is 0 Å². The van der Waals surface area contributed by atoms with Crippen LogP contribution >= 0.6 is 23.2 Å². The summed E-state index contributed by atoms with van der Waals surface area (Å²) in [5, 5.41) is 1.02. The summed E-state index contributed by atoms with van der Waals surface area (Å²) in [5.41, 5.74) is 7.42. The molecule has 0 bridgehead atoms. The predicted molar refractivity (Wildman–Crippen MR) is 76.6 cm³/mol. The Labute approximate surface area is 120 Å². The van der Waals surface area contributed by atoms with Crippen LogP contribution in [0.2, 0.25) is 10.0 Å². The Bertz CT molecular complexity index is 623. The molecule has 0 spiro atoms. The third kappa shape index (κ3) is 2.85. The number of ether oxygens (including phenoxy) is 1. The maximum absolute atomic E-state index is 11.7. The molecule has 0 aliphatic rings. The smallest absolute Gasteiger partial charge is 0.341 e. The molecule has 1 aromatic carbocycles. The number of nitrogen functional groups attached to an aromatic ring is 1. The van der Waals surface area contributed by atoms with Crippen LogP contribution in [0.1, 0.15) is 17.3 Å². The minimum absolute atomic E-state index is 0.250. The average molecular weight is 299 g/mol. The Kier molecular flexibility index (Phi) is 4.02. The summed E-state index contributed by atoms with van der Waals surface area (Å²) in [6.07, 6.45) is 0. The second kappa shape index (κ2) is 5.55. The Balaban J connectivity index is 2.42. The molecule has 0 atom stereocenters. The maximum atomic E-state index is 11.7. The quantitative estimate of drug-likeness (QED) is 0.848. The number of hydrogen-bond acceptors (Lipinski definition) is 3. The molecule has 0 aliphatic heterocycles. The lowest BCUT2D eigenvalue weighted by atomic mass is 10.1. The fourth-order valence-corrected chi connectivity index (χ4v) is 2.21. The summed E-state index contributed by atoms with van der Waals surface area (Å²) in [5.74, 6) is -0.216. The number of esters is 1. The SMILES string of the molecule is CCOC(=O)c1cc(-c2ccc(Cl)cc2Cl)[nH]c1N. The lowest BCUT2D eigenvalue weighted by Gasteiger charge is -2.01. The van der Waals surface area contributed by atoms with Crippen LogP contribution in [-0.2, 0) is 4.74 Å². The van der Waals surface area contributed by atoms with E-state index in [1.165, 1.54) is 0 Å². The van der Waals surface area contributed by atoms with Crippen molar-refractivity contribution in [2.24, 2.45) is 0 Å². The molecule has 0 saturated heterocycles. The minimum Gasteiger partial charge on any atom is -0.462 e. The molecule has 1 heterocycles. The molecule has 100 valence electrons. The van der Waals surface area contributed by atoms with Gasteiger partial charge in [-0.25, -0.2) is 4.79 Å². The molecule has 0 radical (unpaired) electrons. The predicted octanol–water partition coefficient (Wildman–Crippen LogP) is 3.75. The number of anilines is 1. The van der Waals surface area contributed by atoms with Crippen molar-refractivity contribution in [3.8, 4) is 11.3 Å². The van der Waals surface area contributed by atoms with Crippen LogP contribution in [-0.4, -0.2) is 17.6 Å². The van der Waals surface area contributed by atoms with Gasteiger partial charge in [0, 0.05) is 16.3 Å². The topological polar surface area (TPSA) is 68.1 Å². The van der Waals surface area contributed by atoms with Crippen LogP contribution in [0, 0.1) is 0 Å². The summed E-state index contributed by atoms with van der Waals surface area (Å²) in [6.45, 7) is 2.03. The first-order chi connectivity index (χ1) is 9.02. The first-order valence-corrected chi connectivity index (χ1v) is 6.39. The van der Waals surface area contributed by atoms with E-state index >= 15 is 0 Å². The lowest BCUT2D eigenvalue weighted by Crippen LogP contribution is -2.05. The van der Waals surface area contributed by atoms with Gasteiger partial charge in [-0.15, -0.1) is 0 Å². The zero-order chi connectivity index (χ0) is 14.0. The molecule has 3 N–H and O–H groups in total. The van der Waals surface area contributed by atoms with Crippen molar-refractivity contribution in [3.63, 3.8) is 0 Å². The number of rotatable bonds is 3. The van der Waals surface area contributed by atoms with E-state index in [1.807, 2.05) is 0 Å². The molecule has 2 aromatic rings. The number of hydrogen-bond donors (Lipinski definition) is 2. The number of nitrogens with two attached hydrogens (primary N) is 1. The summed E-state index contributed by atoms with van der Waals surface area (Å²) >= 11 is 11.9. The molecular formula is C13H12Cl2N2O2. The summed E-state index contributed by atoms with van der Waals surface area (Å²) in [4.78, 5) is 14.6. The lowest BCUT2D eigenvalue weighted by molar-refractivity contribution is 0.0528. The third-order valence-electron chi connectivity index (χ3n) is 2.56. The molecular weight excluding hydrogens is 287 g/mol. The van der Waals surface area contributed by atoms with Crippen molar-refractivity contribution >= 4 is 35.0 Å². The van der Waals surface area contributed by atoms with Gasteiger partial charge >= 0.3 is 5.97 Å². The first-order valence-electron chi connectivity index (χ1n) is 5.64. The number of nitrogens with one attached hydrogen (secondary N) is 1. The van der Waals surface area contributed by atoms with Crippen molar-refractivity contribution < 1.29 is 9.53 Å². The van der Waals surface area contributed by atoms with Gasteiger partial charge < -0.3 is 15.5 Å². The van der Waals surface area contributed by atoms with Gasteiger partial charge in [0.2, 0.25) is 0 Å². The number of aromatic amines is 1. The van der Waals surface area contributed by atoms with Gasteiger partial charge in [-0.2, -0.15) is 0 Å². The molecule has 0 fully saturated rings. The highest BCUT2D eigenvalue weighted by Crippen LogP contribution is 2.31. The minimum atomic E-state index is -0.465. The van der Waals surface area contributed by atoms with Crippen LogP contribution in [0.15, 0.2) is 24.3 Å². The van der Waals surface area contributed by atoms with Crippen molar-refractivity contribution in [3.05, 3.63) is 39.9 Å². The summed E-state index contributed by atoms with van der Waals surface area (Å²) in [6, 6.07) is 6.71. The molecule has 1 aromatic heterocycles. The highest BCUT2D eigenvalue weighted by Gasteiger charge is 2.16. The second-order valence-electron chi connectivity index (χ2n) is 3.86. The monoisotopic (exact) mass is 298 g/mol. The standard InChI is InChI=1S/C13H12Cl2N2O2/c1-2-19-13(18)9-6-11(17-12(9)16)8-4-3-7(14)5-10(8)15/h3-6,17H,2,16H2,1H3. The average Bonchev–Trinajstić information content (AvgIpc) is 2.71. The number of benzene rings is 1. The van der Waals surface area contributed by atoms with Crippen LogP contribution < -0.4 is 5.73 Å². The molecule has 2 rings (SSSR count). The Hall–Kier alpha value is -1.65. The summed E-state index contributed by atoms with van der Waals surface area (Å²) < 4.78 is 4.91. The number of carbonyl (C=O) groups excluding carboxylic acids is 1. The van der Waals surface area contributed by atoms with E-state index in [-0.39, 0.29) is 5.82 Å². The Morgan fingerprint density at radius 2 is 2.11 bits per heavy atom. The van der Waals surface area contributed by atoms with Crippen LogP contribution in [0.25, 0.3) is 11.3 Å². The van der Waals surface area contributed by atoms with E-state index in [1.54, 1.807) is 31.2 Å². The van der Waals surface area contributed by atoms with Crippen molar-refractivity contribution in [2.45, 2.75) is 6.92 Å². The molecule has 19 heavy (non-hydrogen) atoms. The highest BCUT2D eigenvalue weighted by molar-refractivity contribution is 6.36. The fourth-order valence-electron chi connectivity index (χ4n) is 1.70. The Morgan fingerprint density at radius 1 is 1.37 bits per heavy atom. The van der Waals surface area contributed by atoms with E-state index in [0.29, 0.717) is 33.5 Å². The fraction of sp³-hybridized carbons (Fsp3) is 0.154. The molecule has 0 aliphatic carbocycles. The van der Waals surface area contributed by atoms with E-state index in [9.17, 15) is 4.79 Å². The Morgan fingerprint density at radius 3 is 2.74 bits per heavy atom. The number of aromatic nitrogens is 1. The van der Waals surface area contributed by atoms with Gasteiger partial charge in [-0.3, -0.25) is 0 Å². The zero-order valence-electron chi connectivity index (χ0n) is 10.2. The number of halogens is 2. The van der Waals surface area contributed by atoms with Gasteiger partial charge in [-0.1, -0.05) is 23.2 Å². The van der Waals surface area contributed by atoms with Crippen LogP contribution in [0.5, 0.6) is 0 Å². The van der Waals surface area contributed by atoms with Gasteiger partial charge in [0.1, 0.15) is 11.4 Å². The summed E-state index contributed by atoms with van der Waals surface area (Å²) in [7, 11) is 0. The highest BCUT2D eigenvalue weighted by atomic mass is 35.5. The van der Waals surface area contributed by atoms with Gasteiger partial charge in [-0.05, 0) is 31.2 Å². The number of H-pyrrole nitrogens is 1. The van der Waals surface area contributed by atoms with E-state index < -0.39 is 5.97 Å². The van der Waals surface area contributed by atoms with Crippen molar-refractivity contribution in [1.82, 2.24) is 4.98 Å². The zero-order valence-corrected chi connectivity index (χ0v) is 11.7. The van der Waals surface area contributed by atoms with Gasteiger partial charge in [0.15, 0.2) is 0 Å². The van der Waals surface area contributed by atoms with Gasteiger partial charge in [0.25, 0.3) is 0 Å². The third-order valence-corrected chi connectivity index (χ3v) is 3.11. The first kappa shape index (κ1) is 13.8. The number of carbonyl (C=O) groups is 1. The normalized spacial score (nSPS) is 10.5. The molecule has 0 amide bonds. The largest absolute Gasteiger partial charge is 0.462 e. The second-order valence-corrected chi connectivity index (χ2v) is 4.70. The van der Waals surface area contributed by atoms with Crippen molar-refractivity contribution in [1.29, 1.82) is 0 Å². The van der Waals surface area contributed by atoms with E-state index in [4.69, 9.17) is 33.7 Å². The molecule has 6 heteroatoms.